The molecule has 2 aromatic rings. The maximum atomic E-state index is 12.8. The molecule has 2 rings (SSSR count). The van der Waals surface area contributed by atoms with Crippen molar-refractivity contribution in [2.45, 2.75) is 25.9 Å². The van der Waals surface area contributed by atoms with Crippen molar-refractivity contribution >= 4 is 0 Å². The number of rotatable bonds is 6. The Labute approximate surface area is 124 Å². The second kappa shape index (κ2) is 7.24. The molecule has 0 spiro atoms. The van der Waals surface area contributed by atoms with E-state index in [1.165, 1.54) is 12.3 Å². The zero-order valence-electron chi connectivity index (χ0n) is 12.5. The second-order valence-electron chi connectivity index (χ2n) is 5.30. The zero-order chi connectivity index (χ0) is 15.2. The molecular weight excluding hydrogens is 267 g/mol. The lowest BCUT2D eigenvalue weighted by Gasteiger charge is -2.19. The summed E-state index contributed by atoms with van der Waals surface area (Å²) in [5.41, 5.74) is 8.87. The van der Waals surface area contributed by atoms with Gasteiger partial charge in [0.05, 0.1) is 17.6 Å². The minimum absolute atomic E-state index is 0.182. The van der Waals surface area contributed by atoms with Crippen LogP contribution < -0.4 is 5.73 Å². The summed E-state index contributed by atoms with van der Waals surface area (Å²) in [6.07, 6.45) is 1.97. The van der Waals surface area contributed by atoms with E-state index in [4.69, 9.17) is 5.73 Å². The predicted octanol–water partition coefficient (Wildman–Crippen LogP) is 2.45. The van der Waals surface area contributed by atoms with Gasteiger partial charge in [0.15, 0.2) is 0 Å². The molecule has 0 radical (unpaired) electrons. The summed E-state index contributed by atoms with van der Waals surface area (Å²) in [5, 5.41) is 0. The van der Waals surface area contributed by atoms with Gasteiger partial charge in [0.1, 0.15) is 5.82 Å². The minimum Gasteiger partial charge on any atom is -0.323 e. The van der Waals surface area contributed by atoms with Gasteiger partial charge in [-0.05, 0) is 44.7 Å². The van der Waals surface area contributed by atoms with Gasteiger partial charge in [-0.1, -0.05) is 6.07 Å². The van der Waals surface area contributed by atoms with Crippen LogP contribution in [0.15, 0.2) is 36.5 Å². The number of pyridine rings is 2. The first-order chi connectivity index (χ1) is 10.0. The molecule has 0 bridgehead atoms. The monoisotopic (exact) mass is 288 g/mol. The van der Waals surface area contributed by atoms with Crippen LogP contribution >= 0.6 is 0 Å². The molecule has 0 saturated heterocycles. The van der Waals surface area contributed by atoms with Crippen molar-refractivity contribution in [3.63, 3.8) is 0 Å². The third-order valence-corrected chi connectivity index (χ3v) is 3.33. The van der Waals surface area contributed by atoms with E-state index < -0.39 is 0 Å². The first-order valence-electron chi connectivity index (χ1n) is 7.02. The van der Waals surface area contributed by atoms with Crippen LogP contribution in [0.3, 0.4) is 0 Å². The second-order valence-corrected chi connectivity index (χ2v) is 5.30. The maximum absolute atomic E-state index is 12.8. The van der Waals surface area contributed by atoms with Gasteiger partial charge in [-0.3, -0.25) is 9.97 Å². The molecule has 2 N–H and O–H groups in total. The van der Waals surface area contributed by atoms with Gasteiger partial charge >= 0.3 is 0 Å². The molecule has 0 aliphatic rings. The van der Waals surface area contributed by atoms with E-state index in [2.05, 4.69) is 14.9 Å². The lowest BCUT2D eigenvalue weighted by atomic mass is 10.1. The van der Waals surface area contributed by atoms with Gasteiger partial charge in [-0.2, -0.15) is 0 Å². The summed E-state index contributed by atoms with van der Waals surface area (Å²) in [5.74, 6) is -0.339. The van der Waals surface area contributed by atoms with Gasteiger partial charge in [0.2, 0.25) is 0 Å². The number of aromatic nitrogens is 2. The van der Waals surface area contributed by atoms with E-state index in [1.54, 1.807) is 6.07 Å². The molecular formula is C16H21FN4. The van der Waals surface area contributed by atoms with Crippen LogP contribution in [-0.4, -0.2) is 28.5 Å². The number of hydrogen-bond donors (Lipinski definition) is 1. The van der Waals surface area contributed by atoms with Crippen LogP contribution in [0, 0.1) is 12.7 Å². The topological polar surface area (TPSA) is 55.0 Å². The molecule has 1 unspecified atom stereocenters. The van der Waals surface area contributed by atoms with E-state index in [-0.39, 0.29) is 11.9 Å². The highest BCUT2D eigenvalue weighted by molar-refractivity contribution is 5.10. The molecule has 0 aliphatic heterocycles. The molecule has 5 heteroatoms. The number of hydrogen-bond acceptors (Lipinski definition) is 4. The Morgan fingerprint density at radius 2 is 2.10 bits per heavy atom. The molecule has 0 amide bonds. The van der Waals surface area contributed by atoms with Crippen molar-refractivity contribution in [2.75, 3.05) is 13.6 Å². The molecule has 4 nitrogen and oxygen atoms in total. The number of halogens is 1. The van der Waals surface area contributed by atoms with Gasteiger partial charge in [0, 0.05) is 24.8 Å². The third-order valence-electron chi connectivity index (χ3n) is 3.33. The quantitative estimate of drug-likeness (QED) is 0.887. The Morgan fingerprint density at radius 3 is 2.76 bits per heavy atom. The molecule has 2 aromatic heterocycles. The minimum atomic E-state index is -0.339. The first-order valence-corrected chi connectivity index (χ1v) is 7.02. The predicted molar refractivity (Wildman–Crippen MR) is 81.0 cm³/mol. The summed E-state index contributed by atoms with van der Waals surface area (Å²) in [4.78, 5) is 10.7. The van der Waals surface area contributed by atoms with Crippen molar-refractivity contribution in [2.24, 2.45) is 5.73 Å². The van der Waals surface area contributed by atoms with E-state index in [9.17, 15) is 4.39 Å². The van der Waals surface area contributed by atoms with Crippen molar-refractivity contribution < 1.29 is 4.39 Å². The Hall–Kier alpha value is -1.85. The van der Waals surface area contributed by atoms with E-state index in [0.717, 1.165) is 36.6 Å². The molecule has 0 saturated carbocycles. The van der Waals surface area contributed by atoms with Crippen LogP contribution in [0.1, 0.15) is 29.5 Å². The zero-order valence-corrected chi connectivity index (χ0v) is 12.5. The average molecular weight is 288 g/mol. The first kappa shape index (κ1) is 15.5. The Morgan fingerprint density at radius 1 is 1.29 bits per heavy atom. The summed E-state index contributed by atoms with van der Waals surface area (Å²) in [6, 6.07) is 8.87. The molecule has 0 aromatic carbocycles. The maximum Gasteiger partial charge on any atom is 0.141 e. The highest BCUT2D eigenvalue weighted by Gasteiger charge is 2.10. The highest BCUT2D eigenvalue weighted by Crippen LogP contribution is 2.12. The van der Waals surface area contributed by atoms with Crippen molar-refractivity contribution in [1.82, 2.24) is 14.9 Å². The fourth-order valence-electron chi connectivity index (χ4n) is 2.16. The number of aryl methyl sites for hydroxylation is 1. The third kappa shape index (κ3) is 4.88. The van der Waals surface area contributed by atoms with Crippen LogP contribution in [0.2, 0.25) is 0 Å². The molecule has 0 fully saturated rings. The van der Waals surface area contributed by atoms with Crippen molar-refractivity contribution in [3.8, 4) is 0 Å². The SMILES string of the molecule is Cc1cccc(CN(C)CCC(N)c2ccc(F)cn2)n1. The van der Waals surface area contributed by atoms with Crippen LogP contribution in [-0.2, 0) is 6.54 Å². The Balaban J connectivity index is 1.83. The van der Waals surface area contributed by atoms with Gasteiger partial charge in [-0.15, -0.1) is 0 Å². The number of nitrogens with two attached hydrogens (primary N) is 1. The Kier molecular flexibility index (Phi) is 5.36. The van der Waals surface area contributed by atoms with Crippen LogP contribution in [0.4, 0.5) is 4.39 Å². The van der Waals surface area contributed by atoms with E-state index in [0.29, 0.717) is 0 Å². The lowest BCUT2D eigenvalue weighted by Crippen LogP contribution is -2.24. The molecule has 2 heterocycles. The lowest BCUT2D eigenvalue weighted by molar-refractivity contribution is 0.307. The fourth-order valence-corrected chi connectivity index (χ4v) is 2.16. The molecule has 112 valence electrons. The van der Waals surface area contributed by atoms with Crippen molar-refractivity contribution in [3.05, 3.63) is 59.4 Å². The number of nitrogens with zero attached hydrogens (tertiary/aromatic N) is 3. The van der Waals surface area contributed by atoms with Crippen LogP contribution in [0.5, 0.6) is 0 Å². The summed E-state index contributed by atoms with van der Waals surface area (Å²) in [6.45, 7) is 3.60. The largest absolute Gasteiger partial charge is 0.323 e. The summed E-state index contributed by atoms with van der Waals surface area (Å²) < 4.78 is 12.8. The standard InChI is InChI=1S/C16H21FN4/c1-12-4-3-5-14(20-12)11-21(2)9-8-15(18)16-7-6-13(17)10-19-16/h3-7,10,15H,8-9,11,18H2,1-2H3. The highest BCUT2D eigenvalue weighted by atomic mass is 19.1. The van der Waals surface area contributed by atoms with E-state index in [1.807, 2.05) is 32.2 Å². The van der Waals surface area contributed by atoms with Gasteiger partial charge < -0.3 is 10.6 Å². The summed E-state index contributed by atoms with van der Waals surface area (Å²) in [7, 11) is 2.04. The van der Waals surface area contributed by atoms with Gasteiger partial charge in [-0.25, -0.2) is 4.39 Å². The van der Waals surface area contributed by atoms with Crippen LogP contribution in [0.25, 0.3) is 0 Å². The summed E-state index contributed by atoms with van der Waals surface area (Å²) >= 11 is 0. The van der Waals surface area contributed by atoms with E-state index >= 15 is 0 Å². The molecule has 0 aliphatic carbocycles. The smallest absolute Gasteiger partial charge is 0.141 e. The molecule has 1 atom stereocenters. The fraction of sp³-hybridized carbons (Fsp3) is 0.375. The Bertz CT molecular complexity index is 571. The normalized spacial score (nSPS) is 12.6. The van der Waals surface area contributed by atoms with Gasteiger partial charge in [0.25, 0.3) is 0 Å². The molecule has 21 heavy (non-hydrogen) atoms. The average Bonchev–Trinajstić information content (AvgIpc) is 2.45. The van der Waals surface area contributed by atoms with Crippen molar-refractivity contribution in [1.29, 1.82) is 0 Å².